The van der Waals surface area contributed by atoms with Gasteiger partial charge in [-0.3, -0.25) is 9.59 Å². The van der Waals surface area contributed by atoms with Crippen LogP contribution in [0.5, 0.6) is 0 Å². The Morgan fingerprint density at radius 2 is 1.79 bits per heavy atom. The predicted molar refractivity (Wildman–Crippen MR) is 105 cm³/mol. The fraction of sp³-hybridized carbons (Fsp3) is 0.619. The monoisotopic (exact) mass is 395 g/mol. The topological polar surface area (TPSA) is 61.4 Å². The fourth-order valence-corrected chi connectivity index (χ4v) is 3.37. The molecule has 1 fully saturated rings. The van der Waals surface area contributed by atoms with E-state index in [-0.39, 0.29) is 11.8 Å². The number of halogens is 2. The van der Waals surface area contributed by atoms with Crippen LogP contribution < -0.4 is 10.6 Å². The molecule has 1 saturated heterocycles. The average molecular weight is 395 g/mol. The van der Waals surface area contributed by atoms with Gasteiger partial charge in [-0.25, -0.2) is 8.78 Å². The van der Waals surface area contributed by atoms with Crippen molar-refractivity contribution < 1.29 is 18.4 Å². The first-order chi connectivity index (χ1) is 13.3. The Kier molecular flexibility index (Phi) is 8.35. The molecule has 1 aromatic rings. The number of nitrogens with one attached hydrogen (secondary N) is 2. The van der Waals surface area contributed by atoms with Crippen molar-refractivity contribution in [2.24, 2.45) is 11.8 Å². The van der Waals surface area contributed by atoms with Crippen LogP contribution in [0, 0.1) is 23.5 Å². The molecule has 1 unspecified atom stereocenters. The first kappa shape index (κ1) is 22.3. The number of hydrogen-bond donors (Lipinski definition) is 2. The number of rotatable bonds is 8. The molecular weight excluding hydrogens is 364 g/mol. The molecule has 0 aromatic heterocycles. The molecule has 1 atom stereocenters. The lowest BCUT2D eigenvalue weighted by Gasteiger charge is -2.30. The van der Waals surface area contributed by atoms with Crippen molar-refractivity contribution in [2.45, 2.75) is 46.1 Å². The molecule has 0 aliphatic carbocycles. The summed E-state index contributed by atoms with van der Waals surface area (Å²) in [6, 6.07) is 2.37. The third-order valence-corrected chi connectivity index (χ3v) is 5.25. The van der Waals surface area contributed by atoms with Gasteiger partial charge >= 0.3 is 0 Å². The Labute approximate surface area is 165 Å². The van der Waals surface area contributed by atoms with E-state index in [2.05, 4.69) is 22.5 Å². The van der Waals surface area contributed by atoms with Crippen molar-refractivity contribution in [1.29, 1.82) is 0 Å². The van der Waals surface area contributed by atoms with E-state index in [4.69, 9.17) is 0 Å². The first-order valence-corrected chi connectivity index (χ1v) is 10.0. The van der Waals surface area contributed by atoms with Crippen LogP contribution in [0.2, 0.25) is 0 Å². The molecule has 5 nitrogen and oxygen atoms in total. The van der Waals surface area contributed by atoms with Gasteiger partial charge in [-0.15, -0.1) is 0 Å². The van der Waals surface area contributed by atoms with E-state index in [1.54, 1.807) is 13.8 Å². The molecule has 0 saturated carbocycles. The van der Waals surface area contributed by atoms with Crippen LogP contribution in [0.1, 0.15) is 50.4 Å². The summed E-state index contributed by atoms with van der Waals surface area (Å²) >= 11 is 0. The van der Waals surface area contributed by atoms with Crippen molar-refractivity contribution in [3.63, 3.8) is 0 Å². The maximum Gasteiger partial charge on any atom is 0.257 e. The zero-order chi connectivity index (χ0) is 20.7. The number of amides is 2. The summed E-state index contributed by atoms with van der Waals surface area (Å²) in [6.07, 6.45) is 3.24. The van der Waals surface area contributed by atoms with Gasteiger partial charge in [-0.1, -0.05) is 26.8 Å². The molecule has 1 aliphatic rings. The van der Waals surface area contributed by atoms with Crippen LogP contribution in [0.4, 0.5) is 8.78 Å². The largest absolute Gasteiger partial charge is 0.354 e. The molecule has 2 N–H and O–H groups in total. The summed E-state index contributed by atoms with van der Waals surface area (Å²) < 4.78 is 27.6. The van der Waals surface area contributed by atoms with Gasteiger partial charge < -0.3 is 15.5 Å². The maximum absolute atomic E-state index is 13.8. The molecule has 0 radical (unpaired) electrons. The molecule has 2 amide bonds. The van der Waals surface area contributed by atoms with Crippen LogP contribution >= 0.6 is 0 Å². The van der Waals surface area contributed by atoms with Crippen molar-refractivity contribution in [2.75, 3.05) is 26.2 Å². The van der Waals surface area contributed by atoms with Crippen LogP contribution in [0.15, 0.2) is 18.2 Å². The van der Waals surface area contributed by atoms with Gasteiger partial charge in [0.05, 0.1) is 0 Å². The second kappa shape index (κ2) is 10.5. The van der Waals surface area contributed by atoms with E-state index in [9.17, 15) is 18.4 Å². The number of piperidine rings is 1. The van der Waals surface area contributed by atoms with Gasteiger partial charge in [0.2, 0.25) is 5.91 Å². The SMILES string of the molecule is CC1CCN(CCCNC(=O)C(NC(=O)c2c(F)cccc2F)C(C)C)CC1. The first-order valence-electron chi connectivity index (χ1n) is 10.0. The summed E-state index contributed by atoms with van der Waals surface area (Å²) in [5.74, 6) is -2.60. The molecule has 0 bridgehead atoms. The number of likely N-dealkylation sites (tertiary alicyclic amines) is 1. The molecule has 1 heterocycles. The smallest absolute Gasteiger partial charge is 0.257 e. The van der Waals surface area contributed by atoms with Crippen LogP contribution in [0.3, 0.4) is 0 Å². The minimum atomic E-state index is -0.948. The minimum Gasteiger partial charge on any atom is -0.354 e. The Hall–Kier alpha value is -2.02. The van der Waals surface area contributed by atoms with Gasteiger partial charge in [-0.2, -0.15) is 0 Å². The lowest BCUT2D eigenvalue weighted by atomic mass is 9.99. The molecule has 156 valence electrons. The average Bonchev–Trinajstić information content (AvgIpc) is 2.64. The van der Waals surface area contributed by atoms with Gasteiger partial charge in [0, 0.05) is 6.54 Å². The quantitative estimate of drug-likeness (QED) is 0.666. The molecule has 0 spiro atoms. The summed E-state index contributed by atoms with van der Waals surface area (Å²) in [7, 11) is 0. The number of nitrogens with zero attached hydrogens (tertiary/aromatic N) is 1. The number of benzene rings is 1. The maximum atomic E-state index is 13.8. The number of carbonyl (C=O) groups is 2. The Morgan fingerprint density at radius 1 is 1.18 bits per heavy atom. The van der Waals surface area contributed by atoms with E-state index in [0.717, 1.165) is 44.1 Å². The van der Waals surface area contributed by atoms with Crippen LogP contribution in [0.25, 0.3) is 0 Å². The number of carbonyl (C=O) groups excluding carboxylic acids is 2. The minimum absolute atomic E-state index is 0.220. The van der Waals surface area contributed by atoms with Crippen molar-refractivity contribution in [1.82, 2.24) is 15.5 Å². The van der Waals surface area contributed by atoms with Crippen molar-refractivity contribution in [3.05, 3.63) is 35.4 Å². The molecule has 1 aromatic carbocycles. The molecule has 1 aliphatic heterocycles. The number of hydrogen-bond acceptors (Lipinski definition) is 3. The lowest BCUT2D eigenvalue weighted by Crippen LogP contribution is -2.50. The van der Waals surface area contributed by atoms with E-state index in [0.29, 0.717) is 6.54 Å². The fourth-order valence-electron chi connectivity index (χ4n) is 3.37. The summed E-state index contributed by atoms with van der Waals surface area (Å²) in [5.41, 5.74) is -0.666. The molecular formula is C21H31F2N3O2. The highest BCUT2D eigenvalue weighted by Crippen LogP contribution is 2.16. The highest BCUT2D eigenvalue weighted by molar-refractivity contribution is 5.98. The zero-order valence-electron chi connectivity index (χ0n) is 16.9. The van der Waals surface area contributed by atoms with E-state index < -0.39 is 29.1 Å². The highest BCUT2D eigenvalue weighted by atomic mass is 19.1. The van der Waals surface area contributed by atoms with Gasteiger partial charge in [0.1, 0.15) is 23.2 Å². The Bertz CT molecular complexity index is 653. The summed E-state index contributed by atoms with van der Waals surface area (Å²) in [4.78, 5) is 27.2. The van der Waals surface area contributed by atoms with Crippen molar-refractivity contribution >= 4 is 11.8 Å². The van der Waals surface area contributed by atoms with Crippen LogP contribution in [-0.4, -0.2) is 48.9 Å². The standard InChI is InChI=1S/C21H31F2N3O2/c1-14(2)19(25-20(27)18-16(22)6-4-7-17(18)23)21(28)24-10-5-11-26-12-8-15(3)9-13-26/h4,6-7,14-15,19H,5,8-13H2,1-3H3,(H,24,28)(H,25,27). The van der Waals surface area contributed by atoms with Gasteiger partial charge in [-0.05, 0) is 62.9 Å². The Balaban J connectivity index is 1.83. The molecule has 7 heteroatoms. The van der Waals surface area contributed by atoms with Crippen molar-refractivity contribution in [3.8, 4) is 0 Å². The lowest BCUT2D eigenvalue weighted by molar-refractivity contribution is -0.123. The second-order valence-corrected chi connectivity index (χ2v) is 7.96. The van der Waals surface area contributed by atoms with Crippen LogP contribution in [-0.2, 0) is 4.79 Å². The van der Waals surface area contributed by atoms with E-state index >= 15 is 0 Å². The van der Waals surface area contributed by atoms with Gasteiger partial charge in [0.15, 0.2) is 0 Å². The predicted octanol–water partition coefficient (Wildman–Crippen LogP) is 2.96. The second-order valence-electron chi connectivity index (χ2n) is 7.96. The third-order valence-electron chi connectivity index (χ3n) is 5.25. The summed E-state index contributed by atoms with van der Waals surface area (Å²) in [6.45, 7) is 9.42. The third kappa shape index (κ3) is 6.26. The highest BCUT2D eigenvalue weighted by Gasteiger charge is 2.27. The van der Waals surface area contributed by atoms with E-state index in [1.807, 2.05) is 0 Å². The van der Waals surface area contributed by atoms with E-state index in [1.165, 1.54) is 18.9 Å². The molecule has 28 heavy (non-hydrogen) atoms. The normalized spacial score (nSPS) is 16.8. The summed E-state index contributed by atoms with van der Waals surface area (Å²) in [5, 5.41) is 5.30. The zero-order valence-corrected chi connectivity index (χ0v) is 16.9. The Morgan fingerprint density at radius 3 is 2.36 bits per heavy atom. The molecule has 2 rings (SSSR count). The van der Waals surface area contributed by atoms with Gasteiger partial charge in [0.25, 0.3) is 5.91 Å².